The number of nitrogens with one attached hydrogen (secondary N) is 7. The molecule has 1 fully saturated rings. The van der Waals surface area contributed by atoms with Crippen LogP contribution < -0.4 is 37.2 Å². The van der Waals surface area contributed by atoms with E-state index in [1.54, 1.807) is 85.7 Å². The van der Waals surface area contributed by atoms with E-state index in [4.69, 9.17) is 14.2 Å². The number of amides is 7. The van der Waals surface area contributed by atoms with Crippen molar-refractivity contribution < 1.29 is 52.6 Å². The van der Waals surface area contributed by atoms with Crippen molar-refractivity contribution in [2.24, 2.45) is 11.8 Å². The highest BCUT2D eigenvalue weighted by atomic mass is 16.6. The Labute approximate surface area is 433 Å². The lowest BCUT2D eigenvalue weighted by atomic mass is 9.77. The van der Waals surface area contributed by atoms with Gasteiger partial charge < -0.3 is 51.4 Å². The van der Waals surface area contributed by atoms with Gasteiger partial charge in [0.2, 0.25) is 35.4 Å². The average Bonchev–Trinajstić information content (AvgIpc) is 3.36. The lowest BCUT2D eigenvalue weighted by Crippen LogP contribution is -2.63. The zero-order chi connectivity index (χ0) is 54.3. The van der Waals surface area contributed by atoms with Crippen LogP contribution in [0.15, 0.2) is 121 Å². The lowest BCUT2D eigenvalue weighted by Gasteiger charge is -2.37. The zero-order valence-corrected chi connectivity index (χ0v) is 43.7. The van der Waals surface area contributed by atoms with Gasteiger partial charge in [0, 0.05) is 0 Å². The van der Waals surface area contributed by atoms with Crippen LogP contribution in [-0.2, 0) is 59.9 Å². The largest absolute Gasteiger partial charge is 0.458 e. The van der Waals surface area contributed by atoms with E-state index < -0.39 is 125 Å². The van der Waals surface area contributed by atoms with Crippen molar-refractivity contribution in [1.82, 2.24) is 37.2 Å². The van der Waals surface area contributed by atoms with Gasteiger partial charge in [0.15, 0.2) is 0 Å². The second-order valence-electron chi connectivity index (χ2n) is 20.1. The van der Waals surface area contributed by atoms with Crippen LogP contribution in [0.2, 0.25) is 0 Å². The molecule has 396 valence electrons. The topological polar surface area (TPSA) is 248 Å². The van der Waals surface area contributed by atoms with Crippen LogP contribution in [0.1, 0.15) is 97.9 Å². The predicted octanol–water partition coefficient (Wildman–Crippen LogP) is 4.68. The van der Waals surface area contributed by atoms with E-state index in [1.807, 2.05) is 91.0 Å². The Bertz CT molecular complexity index is 2460. The summed E-state index contributed by atoms with van der Waals surface area (Å²) in [5, 5.41) is 19.0. The van der Waals surface area contributed by atoms with Crippen LogP contribution in [-0.4, -0.2) is 102 Å². The molecule has 7 amide bonds. The zero-order valence-electron chi connectivity index (χ0n) is 43.7. The second kappa shape index (κ2) is 25.9. The van der Waals surface area contributed by atoms with E-state index in [9.17, 15) is 38.4 Å². The van der Waals surface area contributed by atoms with Crippen molar-refractivity contribution in [3.8, 4) is 0 Å². The van der Waals surface area contributed by atoms with Crippen LogP contribution >= 0.6 is 0 Å². The molecule has 0 aliphatic carbocycles. The van der Waals surface area contributed by atoms with E-state index in [2.05, 4.69) is 37.2 Å². The maximum absolute atomic E-state index is 14.9. The van der Waals surface area contributed by atoms with Crippen molar-refractivity contribution in [3.63, 3.8) is 0 Å². The van der Waals surface area contributed by atoms with Gasteiger partial charge in [-0.3, -0.25) is 28.8 Å². The molecule has 0 bridgehead atoms. The number of esters is 1. The summed E-state index contributed by atoms with van der Waals surface area (Å²) in [5.74, 6) is -7.39. The van der Waals surface area contributed by atoms with Crippen LogP contribution in [0, 0.1) is 11.8 Å². The Morgan fingerprint density at radius 1 is 0.581 bits per heavy atom. The number of hydrogen-bond acceptors (Lipinski definition) is 11. The molecule has 18 nitrogen and oxygen atoms in total. The SMILES string of the molecule is CC(C)C1NC(=O)C(C(C)C)NC(=O)[C@@H](NC(=O)OCc2ccccc2)[C@@H](C)OC(=O)[C@@H](C)NC(=O)C(CC(=O)NC(c2ccccc2)(c2ccccc2)c2ccccc2)NC(=O)[C@@H]([C@@H](C)OC(C)(C)C)NC1=O. The molecule has 0 radical (unpaired) electrons. The first-order chi connectivity index (χ1) is 35.0. The summed E-state index contributed by atoms with van der Waals surface area (Å²) in [4.78, 5) is 114. The van der Waals surface area contributed by atoms with Gasteiger partial charge in [-0.05, 0) is 75.6 Å². The number of cyclic esters (lactones) is 1. The van der Waals surface area contributed by atoms with Gasteiger partial charge in [-0.2, -0.15) is 0 Å². The lowest BCUT2D eigenvalue weighted by molar-refractivity contribution is -0.154. The number of carbonyl (C=O) groups excluding carboxylic acids is 8. The molecular formula is C56H71N7O11. The smallest absolute Gasteiger partial charge is 0.408 e. The average molecular weight is 1020 g/mol. The highest BCUT2D eigenvalue weighted by Gasteiger charge is 2.42. The standard InChI is InChI=1S/C56H71N7O11/c1-33(2)44-49(66)59-45(34(3)4)50(67)61-47(37(7)74-55(8,9)10)51(68)58-42(31-43(64)63-56(39-25-17-12-18-26-39,40-27-19-13-20-28-40)41-29-21-14-22-30-41)48(65)57-35(5)53(70)73-36(6)46(52(69)60-44)62-54(71)72-32-38-23-15-11-16-24-38/h11-30,33-37,42,44-47H,31-32H2,1-10H3,(H,57,65)(H,58,68)(H,59,66)(H,60,69)(H,61,67)(H,62,71)(H,63,64)/t35-,36-,37-,42?,44?,45?,46+,47-/m1/s1. The fourth-order valence-electron chi connectivity index (χ4n) is 8.53. The normalized spacial score (nSPS) is 22.2. The molecule has 18 heteroatoms. The van der Waals surface area contributed by atoms with Crippen molar-refractivity contribution >= 4 is 47.5 Å². The van der Waals surface area contributed by atoms with E-state index in [-0.39, 0.29) is 6.61 Å². The summed E-state index contributed by atoms with van der Waals surface area (Å²) >= 11 is 0. The first kappa shape index (κ1) is 57.3. The fraction of sp³-hybridized carbons (Fsp3) is 0.429. The minimum atomic E-state index is -1.72. The molecule has 4 aromatic rings. The first-order valence-corrected chi connectivity index (χ1v) is 24.9. The molecule has 1 aliphatic rings. The Balaban J connectivity index is 1.58. The summed E-state index contributed by atoms with van der Waals surface area (Å²) in [6, 6.07) is 27.4. The summed E-state index contributed by atoms with van der Waals surface area (Å²) in [6.45, 7) is 15.9. The minimum Gasteiger partial charge on any atom is -0.458 e. The minimum absolute atomic E-state index is 0.169. The summed E-state index contributed by atoms with van der Waals surface area (Å²) < 4.78 is 17.3. The first-order valence-electron chi connectivity index (χ1n) is 24.9. The molecule has 1 aliphatic heterocycles. The molecule has 74 heavy (non-hydrogen) atoms. The van der Waals surface area contributed by atoms with E-state index >= 15 is 0 Å². The molecule has 3 unspecified atom stereocenters. The maximum atomic E-state index is 14.9. The van der Waals surface area contributed by atoms with Gasteiger partial charge in [-0.25, -0.2) is 9.59 Å². The van der Waals surface area contributed by atoms with Crippen LogP contribution in [0.25, 0.3) is 0 Å². The van der Waals surface area contributed by atoms with Crippen molar-refractivity contribution in [2.45, 2.75) is 142 Å². The fourth-order valence-corrected chi connectivity index (χ4v) is 8.53. The molecule has 7 N–H and O–H groups in total. The summed E-state index contributed by atoms with van der Waals surface area (Å²) in [7, 11) is 0. The predicted molar refractivity (Wildman–Crippen MR) is 276 cm³/mol. The number of ether oxygens (including phenoxy) is 3. The monoisotopic (exact) mass is 1020 g/mol. The molecule has 8 atom stereocenters. The Hall–Kier alpha value is -7.60. The van der Waals surface area contributed by atoms with E-state index in [0.29, 0.717) is 22.3 Å². The second-order valence-corrected chi connectivity index (χ2v) is 20.1. The Morgan fingerprint density at radius 2 is 1.01 bits per heavy atom. The number of rotatable bonds is 13. The Morgan fingerprint density at radius 3 is 1.47 bits per heavy atom. The van der Waals surface area contributed by atoms with Crippen LogP contribution in [0.4, 0.5) is 4.79 Å². The third-order valence-electron chi connectivity index (χ3n) is 12.3. The molecule has 0 spiro atoms. The van der Waals surface area contributed by atoms with Crippen molar-refractivity contribution in [1.29, 1.82) is 0 Å². The summed E-state index contributed by atoms with van der Waals surface area (Å²) in [5.41, 5.74) is 0.503. The van der Waals surface area contributed by atoms with Crippen LogP contribution in [0.5, 0.6) is 0 Å². The molecular weight excluding hydrogens is 947 g/mol. The Kier molecular flexibility index (Phi) is 20.0. The molecule has 0 saturated carbocycles. The van der Waals surface area contributed by atoms with Crippen molar-refractivity contribution in [3.05, 3.63) is 144 Å². The highest BCUT2D eigenvalue weighted by molar-refractivity contribution is 5.98. The number of hydrogen-bond donors (Lipinski definition) is 7. The quantitative estimate of drug-likeness (QED) is 0.0716. The van der Waals surface area contributed by atoms with Gasteiger partial charge in [0.1, 0.15) is 54.5 Å². The highest BCUT2D eigenvalue weighted by Crippen LogP contribution is 2.37. The van der Waals surface area contributed by atoms with Crippen LogP contribution in [0.3, 0.4) is 0 Å². The number of carbonyl (C=O) groups is 8. The molecule has 1 heterocycles. The van der Waals surface area contributed by atoms with Gasteiger partial charge in [0.25, 0.3) is 0 Å². The van der Waals surface area contributed by atoms with Gasteiger partial charge in [-0.1, -0.05) is 149 Å². The maximum Gasteiger partial charge on any atom is 0.408 e. The number of alkyl carbamates (subject to hydrolysis) is 1. The van der Waals surface area contributed by atoms with E-state index in [1.165, 1.54) is 13.8 Å². The molecule has 1 saturated heterocycles. The summed E-state index contributed by atoms with van der Waals surface area (Å²) in [6.07, 6.45) is -4.27. The van der Waals surface area contributed by atoms with Gasteiger partial charge in [0.05, 0.1) is 18.1 Å². The van der Waals surface area contributed by atoms with Gasteiger partial charge in [-0.15, -0.1) is 0 Å². The van der Waals surface area contributed by atoms with E-state index in [0.717, 1.165) is 0 Å². The third-order valence-corrected chi connectivity index (χ3v) is 12.3. The molecule has 5 rings (SSSR count). The molecule has 4 aromatic carbocycles. The third kappa shape index (κ3) is 15.5. The van der Waals surface area contributed by atoms with Gasteiger partial charge >= 0.3 is 12.1 Å². The van der Waals surface area contributed by atoms with Crippen molar-refractivity contribution in [2.75, 3.05) is 0 Å². The molecule has 0 aromatic heterocycles. The number of benzene rings is 4.